The van der Waals surface area contributed by atoms with Crippen LogP contribution in [0.25, 0.3) is 0 Å². The van der Waals surface area contributed by atoms with Crippen LogP contribution in [0.3, 0.4) is 0 Å². The summed E-state index contributed by atoms with van der Waals surface area (Å²) in [7, 11) is 1.86. The van der Waals surface area contributed by atoms with Crippen molar-refractivity contribution < 1.29 is 4.79 Å². The van der Waals surface area contributed by atoms with Crippen molar-refractivity contribution in [2.45, 2.75) is 39.0 Å². The Labute approximate surface area is 108 Å². The van der Waals surface area contributed by atoms with Gasteiger partial charge in [-0.15, -0.1) is 0 Å². The normalized spacial score (nSPS) is 17.9. The summed E-state index contributed by atoms with van der Waals surface area (Å²) in [6, 6.07) is 0. The average Bonchev–Trinajstić information content (AvgIpc) is 2.96. The molecule has 0 atom stereocenters. The molecule has 1 heterocycles. The highest BCUT2D eigenvalue weighted by Gasteiger charge is 2.40. The number of amides is 1. The smallest absolute Gasteiger partial charge is 0.231 e. The number of aryl methyl sites for hydroxylation is 2. The molecule has 3 N–H and O–H groups in total. The molecule has 0 bridgehead atoms. The van der Waals surface area contributed by atoms with Crippen LogP contribution in [-0.2, 0) is 18.3 Å². The fraction of sp³-hybridized carbons (Fsp3) is 0.692. The third kappa shape index (κ3) is 2.27. The molecule has 1 saturated carbocycles. The van der Waals surface area contributed by atoms with Crippen LogP contribution in [0.4, 0.5) is 5.69 Å². The molecule has 1 aliphatic carbocycles. The van der Waals surface area contributed by atoms with E-state index < -0.39 is 0 Å². The molecule has 0 spiro atoms. The van der Waals surface area contributed by atoms with Gasteiger partial charge in [0.1, 0.15) is 0 Å². The predicted molar refractivity (Wildman–Crippen MR) is 71.2 cm³/mol. The van der Waals surface area contributed by atoms with Gasteiger partial charge in [-0.3, -0.25) is 9.48 Å². The van der Waals surface area contributed by atoms with Gasteiger partial charge in [0.2, 0.25) is 5.91 Å². The first-order chi connectivity index (χ1) is 8.61. The molecular weight excluding hydrogens is 228 g/mol. The lowest BCUT2D eigenvalue weighted by Gasteiger charge is -2.25. The number of nitrogens with one attached hydrogen (secondary N) is 1. The number of carbonyl (C=O) groups is 1. The second-order valence-electron chi connectivity index (χ2n) is 5.16. The molecule has 0 unspecified atom stereocenters. The van der Waals surface area contributed by atoms with Crippen molar-refractivity contribution in [2.24, 2.45) is 18.2 Å². The van der Waals surface area contributed by atoms with Crippen molar-refractivity contribution in [3.63, 3.8) is 0 Å². The van der Waals surface area contributed by atoms with Crippen LogP contribution in [0.15, 0.2) is 6.20 Å². The van der Waals surface area contributed by atoms with Gasteiger partial charge < -0.3 is 11.1 Å². The van der Waals surface area contributed by atoms with Crippen LogP contribution < -0.4 is 11.1 Å². The lowest BCUT2D eigenvalue weighted by molar-refractivity contribution is -0.124. The quantitative estimate of drug-likeness (QED) is 0.849. The predicted octanol–water partition coefficient (Wildman–Crippen LogP) is 1.44. The first kappa shape index (κ1) is 13.1. The van der Waals surface area contributed by atoms with Gasteiger partial charge in [0.25, 0.3) is 0 Å². The first-order valence-corrected chi connectivity index (χ1v) is 6.65. The van der Waals surface area contributed by atoms with Gasteiger partial charge in [0, 0.05) is 19.8 Å². The minimum absolute atomic E-state index is 0.0604. The highest BCUT2D eigenvalue weighted by Crippen LogP contribution is 2.38. The van der Waals surface area contributed by atoms with Crippen molar-refractivity contribution >= 4 is 11.6 Å². The lowest BCUT2D eigenvalue weighted by atomic mass is 9.85. The minimum Gasteiger partial charge on any atom is -0.329 e. The molecule has 1 aromatic rings. The van der Waals surface area contributed by atoms with Crippen molar-refractivity contribution in [1.82, 2.24) is 9.78 Å². The Morgan fingerprint density at radius 1 is 1.56 bits per heavy atom. The van der Waals surface area contributed by atoms with Gasteiger partial charge in [-0.25, -0.2) is 0 Å². The van der Waals surface area contributed by atoms with Gasteiger partial charge >= 0.3 is 0 Å². The first-order valence-electron chi connectivity index (χ1n) is 6.65. The molecule has 18 heavy (non-hydrogen) atoms. The van der Waals surface area contributed by atoms with E-state index in [4.69, 9.17) is 5.73 Å². The van der Waals surface area contributed by atoms with E-state index in [1.807, 2.05) is 20.2 Å². The van der Waals surface area contributed by atoms with Crippen LogP contribution in [0.2, 0.25) is 0 Å². The Kier molecular flexibility index (Phi) is 3.71. The molecule has 1 fully saturated rings. The monoisotopic (exact) mass is 250 g/mol. The van der Waals surface area contributed by atoms with E-state index in [2.05, 4.69) is 10.4 Å². The third-order valence-corrected chi connectivity index (χ3v) is 3.92. The van der Waals surface area contributed by atoms with Gasteiger partial charge in [0.05, 0.1) is 16.8 Å². The molecule has 0 aromatic carbocycles. The van der Waals surface area contributed by atoms with Crippen LogP contribution in [0.1, 0.15) is 38.3 Å². The van der Waals surface area contributed by atoms with E-state index in [1.165, 1.54) is 0 Å². The standard InChI is InChI=1S/C13H22N4O/c1-3-10-11(8-17(2)16-10)15-12(18)13(9-14)6-4-5-7-13/h8H,3-7,9,14H2,1-2H3,(H,15,18). The van der Waals surface area contributed by atoms with Crippen molar-refractivity contribution in [3.8, 4) is 0 Å². The number of hydrogen-bond acceptors (Lipinski definition) is 3. The molecule has 5 heteroatoms. The molecule has 1 aliphatic rings. The Balaban J connectivity index is 2.15. The summed E-state index contributed by atoms with van der Waals surface area (Å²) in [6.45, 7) is 2.47. The highest BCUT2D eigenvalue weighted by atomic mass is 16.2. The van der Waals surface area contributed by atoms with Crippen molar-refractivity contribution in [2.75, 3.05) is 11.9 Å². The molecule has 5 nitrogen and oxygen atoms in total. The van der Waals surface area contributed by atoms with E-state index >= 15 is 0 Å². The van der Waals surface area contributed by atoms with Crippen LogP contribution in [-0.4, -0.2) is 22.2 Å². The summed E-state index contributed by atoms with van der Waals surface area (Å²) in [5.74, 6) is 0.0604. The summed E-state index contributed by atoms with van der Waals surface area (Å²) >= 11 is 0. The SMILES string of the molecule is CCc1nn(C)cc1NC(=O)C1(CN)CCCC1. The molecule has 2 rings (SSSR count). The molecule has 1 aromatic heterocycles. The maximum Gasteiger partial charge on any atom is 0.231 e. The fourth-order valence-corrected chi connectivity index (χ4v) is 2.73. The summed E-state index contributed by atoms with van der Waals surface area (Å²) in [5, 5.41) is 7.34. The van der Waals surface area contributed by atoms with Crippen molar-refractivity contribution in [3.05, 3.63) is 11.9 Å². The van der Waals surface area contributed by atoms with Crippen LogP contribution >= 0.6 is 0 Å². The van der Waals surface area contributed by atoms with Crippen LogP contribution in [0.5, 0.6) is 0 Å². The molecule has 0 aliphatic heterocycles. The Morgan fingerprint density at radius 2 is 2.22 bits per heavy atom. The van der Waals surface area contributed by atoms with Crippen LogP contribution in [0, 0.1) is 5.41 Å². The third-order valence-electron chi connectivity index (χ3n) is 3.92. The molecule has 0 radical (unpaired) electrons. The summed E-state index contributed by atoms with van der Waals surface area (Å²) in [4.78, 5) is 12.4. The summed E-state index contributed by atoms with van der Waals surface area (Å²) in [5.41, 5.74) is 7.21. The van der Waals surface area contributed by atoms with E-state index in [9.17, 15) is 4.79 Å². The van der Waals surface area contributed by atoms with Gasteiger partial charge in [0.15, 0.2) is 0 Å². The molecule has 1 amide bonds. The zero-order valence-electron chi connectivity index (χ0n) is 11.2. The number of nitrogens with two attached hydrogens (primary N) is 1. The fourth-order valence-electron chi connectivity index (χ4n) is 2.73. The summed E-state index contributed by atoms with van der Waals surface area (Å²) in [6.07, 6.45) is 6.66. The zero-order valence-corrected chi connectivity index (χ0v) is 11.2. The van der Waals surface area contributed by atoms with Gasteiger partial charge in [-0.1, -0.05) is 19.8 Å². The Morgan fingerprint density at radius 3 is 2.78 bits per heavy atom. The van der Waals surface area contributed by atoms with E-state index in [-0.39, 0.29) is 11.3 Å². The minimum atomic E-state index is -0.360. The number of anilines is 1. The maximum atomic E-state index is 12.4. The zero-order chi connectivity index (χ0) is 13.2. The average molecular weight is 250 g/mol. The number of nitrogens with zero attached hydrogens (tertiary/aromatic N) is 2. The lowest BCUT2D eigenvalue weighted by Crippen LogP contribution is -2.40. The molecular formula is C13H22N4O. The van der Waals surface area contributed by atoms with E-state index in [0.717, 1.165) is 43.5 Å². The van der Waals surface area contributed by atoms with Gasteiger partial charge in [-0.05, 0) is 19.3 Å². The largest absolute Gasteiger partial charge is 0.329 e. The second kappa shape index (κ2) is 5.10. The molecule has 100 valence electrons. The number of rotatable bonds is 4. The topological polar surface area (TPSA) is 72.9 Å². The summed E-state index contributed by atoms with van der Waals surface area (Å²) < 4.78 is 1.73. The number of carbonyl (C=O) groups excluding carboxylic acids is 1. The highest BCUT2D eigenvalue weighted by molar-refractivity contribution is 5.96. The maximum absolute atomic E-state index is 12.4. The number of aromatic nitrogens is 2. The van der Waals surface area contributed by atoms with E-state index in [1.54, 1.807) is 4.68 Å². The number of hydrogen-bond donors (Lipinski definition) is 2. The Hall–Kier alpha value is -1.36. The molecule has 0 saturated heterocycles. The van der Waals surface area contributed by atoms with Gasteiger partial charge in [-0.2, -0.15) is 5.10 Å². The Bertz CT molecular complexity index is 432. The second-order valence-corrected chi connectivity index (χ2v) is 5.16. The van der Waals surface area contributed by atoms with E-state index in [0.29, 0.717) is 6.54 Å². The van der Waals surface area contributed by atoms with Crippen molar-refractivity contribution in [1.29, 1.82) is 0 Å².